The molecule has 45 heavy (non-hydrogen) atoms. The van der Waals surface area contributed by atoms with Crippen molar-refractivity contribution in [1.29, 1.82) is 0 Å². The number of benzene rings is 2. The second kappa shape index (κ2) is 13.9. The Balaban J connectivity index is 1.69. The highest BCUT2D eigenvalue weighted by Crippen LogP contribution is 2.42. The van der Waals surface area contributed by atoms with Crippen LogP contribution in [0.5, 0.6) is 0 Å². The molecule has 1 aliphatic rings. The molecule has 1 aliphatic heterocycles. The quantitative estimate of drug-likeness (QED) is 0.0531. The highest BCUT2D eigenvalue weighted by atomic mass is 35.5. The number of fused-ring (bicyclic) bond motifs is 4. The van der Waals surface area contributed by atoms with E-state index in [1.165, 1.54) is 30.8 Å². The Morgan fingerprint density at radius 3 is 2.71 bits per heavy atom. The minimum Gasteiger partial charge on any atom is -0.467 e. The summed E-state index contributed by atoms with van der Waals surface area (Å²) in [6.07, 6.45) is 0.281. The van der Waals surface area contributed by atoms with Gasteiger partial charge in [0.2, 0.25) is 11.4 Å². The van der Waals surface area contributed by atoms with Crippen molar-refractivity contribution in [1.82, 2.24) is 15.3 Å². The van der Waals surface area contributed by atoms with E-state index in [1.54, 1.807) is 37.4 Å². The van der Waals surface area contributed by atoms with Crippen LogP contribution in [0.1, 0.15) is 43.1 Å². The molecule has 2 bridgehead atoms. The molecular weight excluding hydrogens is 615 g/mol. The highest BCUT2D eigenvalue weighted by Gasteiger charge is 2.61. The topological polar surface area (TPSA) is 176 Å². The highest BCUT2D eigenvalue weighted by molar-refractivity contribution is 6.30. The second-order valence-electron chi connectivity index (χ2n) is 10.2. The first kappa shape index (κ1) is 33.1. The number of carbonyl (C=O) groups is 2. The van der Waals surface area contributed by atoms with Gasteiger partial charge in [0, 0.05) is 46.8 Å². The number of rotatable bonds is 7. The molecule has 1 aromatic heterocycles. The Bertz CT molecular complexity index is 1590. The number of nitrogens with one attached hydrogen (secondary N) is 4. The van der Waals surface area contributed by atoms with Gasteiger partial charge in [-0.2, -0.15) is 18.3 Å². The standard InChI is InChI=1S/C29H33ClF3N9O3/c1-36-19-8-9-20-22(14-19)41-28(27(44)45-2,29(31,32)33)12-4-3-5-21(26-37-15-23(20)40-26)39-25(43)11-6-17-13-18(30)7-10-24(17)42(35)16-38-34/h6-11,13-16,21,36,41H,3-5,12,34-35H2,1-2H3,(H,37,40)(H,39,43)/b11-6+,38-16-/t21-,28?/m0/s1. The van der Waals surface area contributed by atoms with Crippen molar-refractivity contribution in [2.24, 2.45) is 16.8 Å². The number of esters is 1. The molecular formula is C29H33ClF3N9O3. The number of aromatic amines is 1. The van der Waals surface area contributed by atoms with Crippen LogP contribution >= 0.6 is 11.6 Å². The van der Waals surface area contributed by atoms with E-state index in [4.69, 9.17) is 23.3 Å². The number of alkyl halides is 3. The molecule has 16 heteroatoms. The van der Waals surface area contributed by atoms with E-state index in [9.17, 15) is 22.8 Å². The summed E-state index contributed by atoms with van der Waals surface area (Å²) < 4.78 is 48.8. The third-order valence-electron chi connectivity index (χ3n) is 7.36. The van der Waals surface area contributed by atoms with Gasteiger partial charge >= 0.3 is 12.1 Å². The number of hydrogen-bond acceptors (Lipinski definition) is 9. The SMILES string of the molecule is CNc1ccc2c(c1)NC(C(=O)OC)(C(F)(F)F)CCCC[C@H](NC(=O)/C=C/c1cc(Cl)ccc1N(N)/C=N\N)c1nc-2c[nH]1. The van der Waals surface area contributed by atoms with E-state index < -0.39 is 36.1 Å². The first-order valence-electron chi connectivity index (χ1n) is 13.8. The number of hydrazine groups is 1. The number of hydrogen-bond donors (Lipinski definition) is 6. The van der Waals surface area contributed by atoms with Gasteiger partial charge in [0.05, 0.1) is 24.5 Å². The van der Waals surface area contributed by atoms with E-state index in [2.05, 4.69) is 35.8 Å². The van der Waals surface area contributed by atoms with Crippen LogP contribution in [0.15, 0.2) is 53.8 Å². The van der Waals surface area contributed by atoms with Crippen molar-refractivity contribution in [2.45, 2.75) is 43.4 Å². The molecule has 0 aliphatic carbocycles. The first-order chi connectivity index (χ1) is 21.4. The van der Waals surface area contributed by atoms with Gasteiger partial charge in [-0.1, -0.05) is 24.4 Å². The summed E-state index contributed by atoms with van der Waals surface area (Å²) in [5.74, 6) is 9.58. The van der Waals surface area contributed by atoms with E-state index in [1.807, 2.05) is 0 Å². The number of aromatic nitrogens is 2. The molecule has 240 valence electrons. The lowest BCUT2D eigenvalue weighted by molar-refractivity contribution is -0.200. The third-order valence-corrected chi connectivity index (χ3v) is 7.60. The normalized spacial score (nSPS) is 18.8. The number of carbonyl (C=O) groups excluding carboxylic acids is 2. The molecule has 3 aromatic rings. The number of nitrogens with two attached hydrogens (primary N) is 2. The fourth-order valence-electron chi connectivity index (χ4n) is 5.06. The van der Waals surface area contributed by atoms with E-state index in [0.29, 0.717) is 39.0 Å². The molecule has 12 nitrogen and oxygen atoms in total. The lowest BCUT2D eigenvalue weighted by Gasteiger charge is -2.35. The van der Waals surface area contributed by atoms with Crippen molar-refractivity contribution < 1.29 is 27.5 Å². The zero-order valence-corrected chi connectivity index (χ0v) is 25.2. The predicted octanol–water partition coefficient (Wildman–Crippen LogP) is 4.68. The zero-order chi connectivity index (χ0) is 32.8. The number of ether oxygens (including phenoxy) is 1. The summed E-state index contributed by atoms with van der Waals surface area (Å²) in [7, 11) is 2.54. The number of hydrazone groups is 1. The smallest absolute Gasteiger partial charge is 0.422 e. The van der Waals surface area contributed by atoms with Gasteiger partial charge in [-0.25, -0.2) is 15.6 Å². The summed E-state index contributed by atoms with van der Waals surface area (Å²) in [5.41, 5.74) is -0.916. The second-order valence-corrected chi connectivity index (χ2v) is 10.7. The van der Waals surface area contributed by atoms with Gasteiger partial charge in [-0.05, 0) is 55.3 Å². The summed E-state index contributed by atoms with van der Waals surface area (Å²) >= 11 is 6.14. The molecule has 0 saturated carbocycles. The summed E-state index contributed by atoms with van der Waals surface area (Å²) in [4.78, 5) is 33.6. The van der Waals surface area contributed by atoms with Crippen molar-refractivity contribution in [3.63, 3.8) is 0 Å². The zero-order valence-electron chi connectivity index (χ0n) is 24.4. The number of anilines is 3. The number of halogens is 4. The van der Waals surface area contributed by atoms with Crippen molar-refractivity contribution in [3.8, 4) is 11.3 Å². The molecule has 2 atom stereocenters. The Labute approximate surface area is 262 Å². The van der Waals surface area contributed by atoms with E-state index in [0.717, 1.165) is 12.1 Å². The molecule has 4 rings (SSSR count). The van der Waals surface area contributed by atoms with Crippen LogP contribution < -0.4 is 32.6 Å². The van der Waals surface area contributed by atoms with Gasteiger partial charge in [-0.3, -0.25) is 9.80 Å². The fourth-order valence-corrected chi connectivity index (χ4v) is 5.24. The molecule has 8 N–H and O–H groups in total. The van der Waals surface area contributed by atoms with Crippen LogP contribution in [-0.2, 0) is 14.3 Å². The summed E-state index contributed by atoms with van der Waals surface area (Å²) in [6.45, 7) is 0. The fraction of sp³-hybridized carbons (Fsp3) is 0.310. The minimum absolute atomic E-state index is 0.0256. The average Bonchev–Trinajstić information content (AvgIpc) is 3.49. The molecule has 1 unspecified atom stereocenters. The van der Waals surface area contributed by atoms with Gasteiger partial charge in [0.15, 0.2) is 0 Å². The maximum Gasteiger partial charge on any atom is 0.422 e. The Morgan fingerprint density at radius 2 is 2.02 bits per heavy atom. The Morgan fingerprint density at radius 1 is 1.24 bits per heavy atom. The van der Waals surface area contributed by atoms with Crippen molar-refractivity contribution >= 4 is 53.0 Å². The Kier molecular flexibility index (Phi) is 10.2. The maximum absolute atomic E-state index is 14.7. The van der Waals surface area contributed by atoms with Crippen molar-refractivity contribution in [2.75, 3.05) is 29.8 Å². The van der Waals surface area contributed by atoms with E-state index in [-0.39, 0.29) is 24.9 Å². The number of amides is 1. The predicted molar refractivity (Wildman–Crippen MR) is 167 cm³/mol. The van der Waals surface area contributed by atoms with E-state index >= 15 is 0 Å². The molecule has 0 radical (unpaired) electrons. The monoisotopic (exact) mass is 647 g/mol. The lowest BCUT2D eigenvalue weighted by Crippen LogP contribution is -2.58. The van der Waals surface area contributed by atoms with Crippen LogP contribution in [0.4, 0.5) is 30.2 Å². The molecule has 1 amide bonds. The number of imidazole rings is 1. The lowest BCUT2D eigenvalue weighted by atomic mass is 9.89. The third kappa shape index (κ3) is 7.32. The Hall–Kier alpha value is -4.76. The number of H-pyrrole nitrogens is 1. The maximum atomic E-state index is 14.7. The summed E-state index contributed by atoms with van der Waals surface area (Å²) in [6, 6.07) is 8.86. The molecule has 0 saturated heterocycles. The van der Waals surface area contributed by atoms with Crippen LogP contribution in [0.2, 0.25) is 5.02 Å². The van der Waals surface area contributed by atoms with Gasteiger partial charge in [0.1, 0.15) is 12.2 Å². The first-order valence-corrected chi connectivity index (χ1v) is 14.2. The van der Waals surface area contributed by atoms with Gasteiger partial charge in [0.25, 0.3) is 0 Å². The average molecular weight is 648 g/mol. The minimum atomic E-state index is -5.00. The van der Waals surface area contributed by atoms with Crippen molar-refractivity contribution in [3.05, 3.63) is 65.1 Å². The number of methoxy groups -OCH3 is 1. The molecule has 0 spiro atoms. The number of nitrogens with zero attached hydrogens (tertiary/aromatic N) is 3. The van der Waals surface area contributed by atoms with Crippen LogP contribution in [0.3, 0.4) is 0 Å². The summed E-state index contributed by atoms with van der Waals surface area (Å²) in [5, 5.41) is 13.2. The molecule has 2 aromatic carbocycles. The van der Waals surface area contributed by atoms with Gasteiger partial charge < -0.3 is 31.5 Å². The van der Waals surface area contributed by atoms with Gasteiger partial charge in [-0.15, -0.1) is 0 Å². The largest absolute Gasteiger partial charge is 0.467 e. The van der Waals surface area contributed by atoms with Crippen LogP contribution in [0.25, 0.3) is 17.3 Å². The molecule has 2 heterocycles. The molecule has 0 fully saturated rings. The van der Waals surface area contributed by atoms with Crippen LogP contribution in [-0.4, -0.2) is 54.1 Å². The van der Waals surface area contributed by atoms with Crippen LogP contribution in [0, 0.1) is 0 Å².